The Hall–Kier alpha value is -1.91. The molecule has 0 bridgehead atoms. The van der Waals surface area contributed by atoms with Crippen molar-refractivity contribution in [3.8, 4) is 5.75 Å². The fourth-order valence-electron chi connectivity index (χ4n) is 3.33. The Morgan fingerprint density at radius 3 is 2.79 bits per heavy atom. The van der Waals surface area contributed by atoms with Crippen LogP contribution in [-0.4, -0.2) is 36.7 Å². The van der Waals surface area contributed by atoms with Gasteiger partial charge in [-0.2, -0.15) is 0 Å². The number of hydrogen-bond acceptors (Lipinski definition) is 4. The van der Waals surface area contributed by atoms with Crippen LogP contribution in [0.4, 0.5) is 0 Å². The van der Waals surface area contributed by atoms with Crippen LogP contribution >= 0.6 is 0 Å². The van der Waals surface area contributed by atoms with E-state index in [1.807, 2.05) is 24.5 Å². The third kappa shape index (κ3) is 4.34. The van der Waals surface area contributed by atoms with Gasteiger partial charge in [-0.1, -0.05) is 18.2 Å². The summed E-state index contributed by atoms with van der Waals surface area (Å²) >= 11 is 0. The van der Waals surface area contributed by atoms with Gasteiger partial charge in [0.2, 0.25) is 0 Å². The molecule has 4 heteroatoms. The van der Waals surface area contributed by atoms with E-state index in [9.17, 15) is 0 Å². The van der Waals surface area contributed by atoms with Crippen molar-refractivity contribution in [2.75, 3.05) is 26.8 Å². The molecule has 1 aliphatic heterocycles. The predicted molar refractivity (Wildman–Crippen MR) is 95.2 cm³/mol. The summed E-state index contributed by atoms with van der Waals surface area (Å²) in [6.45, 7) is 5.61. The summed E-state index contributed by atoms with van der Waals surface area (Å²) in [5.74, 6) is 0.880. The van der Waals surface area contributed by atoms with Crippen LogP contribution in [0.5, 0.6) is 5.75 Å². The van der Waals surface area contributed by atoms with Crippen LogP contribution in [0.3, 0.4) is 0 Å². The van der Waals surface area contributed by atoms with E-state index in [1.54, 1.807) is 7.11 Å². The van der Waals surface area contributed by atoms with Crippen molar-refractivity contribution in [3.63, 3.8) is 0 Å². The Morgan fingerprint density at radius 2 is 2.04 bits per heavy atom. The zero-order chi connectivity index (χ0) is 16.8. The predicted octanol–water partition coefficient (Wildman–Crippen LogP) is 3.75. The normalized spacial score (nSPS) is 18.0. The van der Waals surface area contributed by atoms with Gasteiger partial charge >= 0.3 is 0 Å². The maximum Gasteiger partial charge on any atom is 0.118 e. The first-order chi connectivity index (χ1) is 11.8. The number of rotatable bonds is 7. The molecule has 128 valence electrons. The highest BCUT2D eigenvalue weighted by Crippen LogP contribution is 2.31. The molecule has 2 heterocycles. The van der Waals surface area contributed by atoms with Gasteiger partial charge in [-0.05, 0) is 55.1 Å². The van der Waals surface area contributed by atoms with Crippen molar-refractivity contribution >= 4 is 0 Å². The van der Waals surface area contributed by atoms with Gasteiger partial charge in [0, 0.05) is 25.0 Å². The van der Waals surface area contributed by atoms with Crippen molar-refractivity contribution in [2.24, 2.45) is 0 Å². The van der Waals surface area contributed by atoms with Crippen LogP contribution < -0.4 is 4.74 Å². The van der Waals surface area contributed by atoms with Gasteiger partial charge < -0.3 is 9.47 Å². The molecule has 2 aromatic rings. The third-order valence-electron chi connectivity index (χ3n) is 4.60. The van der Waals surface area contributed by atoms with Gasteiger partial charge in [-0.25, -0.2) is 0 Å². The molecule has 1 atom stereocenters. The molecule has 1 saturated heterocycles. The molecule has 4 nitrogen and oxygen atoms in total. The number of pyridine rings is 1. The number of ether oxygens (including phenoxy) is 2. The van der Waals surface area contributed by atoms with Crippen molar-refractivity contribution in [1.82, 2.24) is 9.88 Å². The molecule has 0 spiro atoms. The Balaban J connectivity index is 1.47. The topological polar surface area (TPSA) is 34.6 Å². The number of methoxy groups -OCH3 is 1. The van der Waals surface area contributed by atoms with Crippen LogP contribution in [0.25, 0.3) is 0 Å². The maximum absolute atomic E-state index is 5.86. The molecular formula is C20H26N2O2. The Morgan fingerprint density at radius 1 is 1.21 bits per heavy atom. The molecule has 0 saturated carbocycles. The number of aromatic nitrogens is 1. The molecular weight excluding hydrogens is 300 g/mol. The minimum atomic E-state index is 0.488. The van der Waals surface area contributed by atoms with Gasteiger partial charge in [0.25, 0.3) is 0 Å². The summed E-state index contributed by atoms with van der Waals surface area (Å²) in [6.07, 6.45) is 6.38. The zero-order valence-electron chi connectivity index (χ0n) is 14.6. The lowest BCUT2D eigenvalue weighted by Crippen LogP contribution is -2.27. The lowest BCUT2D eigenvalue weighted by atomic mass is 10.1. The molecule has 0 aliphatic carbocycles. The minimum absolute atomic E-state index is 0.488. The smallest absolute Gasteiger partial charge is 0.118 e. The van der Waals surface area contributed by atoms with E-state index >= 15 is 0 Å². The first-order valence-corrected chi connectivity index (χ1v) is 8.62. The van der Waals surface area contributed by atoms with E-state index < -0.39 is 0 Å². The van der Waals surface area contributed by atoms with Crippen LogP contribution in [0.15, 0.2) is 42.7 Å². The molecule has 0 N–H and O–H groups in total. The Bertz CT molecular complexity index is 642. The van der Waals surface area contributed by atoms with Crippen LogP contribution in [0.1, 0.15) is 35.6 Å². The summed E-state index contributed by atoms with van der Waals surface area (Å²) < 4.78 is 11.0. The molecule has 0 amide bonds. The number of aryl methyl sites for hydroxylation is 1. The van der Waals surface area contributed by atoms with Crippen molar-refractivity contribution in [3.05, 3.63) is 59.4 Å². The second-order valence-corrected chi connectivity index (χ2v) is 6.39. The molecule has 1 unspecified atom stereocenters. The number of nitrogens with zero attached hydrogens (tertiary/aromatic N) is 2. The fourth-order valence-corrected chi connectivity index (χ4v) is 3.33. The number of hydrogen-bond donors (Lipinski definition) is 0. The maximum atomic E-state index is 5.86. The van der Waals surface area contributed by atoms with E-state index in [-0.39, 0.29) is 0 Å². The highest BCUT2D eigenvalue weighted by Gasteiger charge is 2.25. The van der Waals surface area contributed by atoms with Gasteiger partial charge in [0.05, 0.1) is 20.3 Å². The fraction of sp³-hybridized carbons (Fsp3) is 0.450. The minimum Gasteiger partial charge on any atom is -0.497 e. The second kappa shape index (κ2) is 8.27. The van der Waals surface area contributed by atoms with Crippen molar-refractivity contribution in [2.45, 2.75) is 32.4 Å². The molecule has 1 aliphatic rings. The number of benzene rings is 1. The van der Waals surface area contributed by atoms with Crippen LogP contribution in [0.2, 0.25) is 0 Å². The van der Waals surface area contributed by atoms with E-state index in [2.05, 4.69) is 35.0 Å². The monoisotopic (exact) mass is 326 g/mol. The number of likely N-dealkylation sites (tertiary alicyclic amines) is 1. The highest BCUT2D eigenvalue weighted by molar-refractivity contribution is 5.26. The lowest BCUT2D eigenvalue weighted by Gasteiger charge is -2.24. The molecule has 3 rings (SSSR count). The summed E-state index contributed by atoms with van der Waals surface area (Å²) in [5.41, 5.74) is 3.74. The van der Waals surface area contributed by atoms with Gasteiger partial charge in [0.1, 0.15) is 5.75 Å². The van der Waals surface area contributed by atoms with Crippen LogP contribution in [-0.2, 0) is 11.3 Å². The van der Waals surface area contributed by atoms with Crippen molar-refractivity contribution in [1.29, 1.82) is 0 Å². The molecule has 24 heavy (non-hydrogen) atoms. The molecule has 1 fully saturated rings. The SMILES string of the molecule is COc1ccc(COCCN2CCCC2c2cncc(C)c2)cc1. The Kier molecular flexibility index (Phi) is 5.83. The summed E-state index contributed by atoms with van der Waals surface area (Å²) in [4.78, 5) is 6.86. The molecule has 1 aromatic carbocycles. The van der Waals surface area contributed by atoms with E-state index in [4.69, 9.17) is 9.47 Å². The van der Waals surface area contributed by atoms with Gasteiger partial charge in [0.15, 0.2) is 0 Å². The lowest BCUT2D eigenvalue weighted by molar-refractivity contribution is 0.0886. The largest absolute Gasteiger partial charge is 0.497 e. The van der Waals surface area contributed by atoms with E-state index in [0.717, 1.165) is 25.4 Å². The summed E-state index contributed by atoms with van der Waals surface area (Å²) in [7, 11) is 1.68. The Labute approximate surface area is 144 Å². The zero-order valence-corrected chi connectivity index (χ0v) is 14.6. The summed E-state index contributed by atoms with van der Waals surface area (Å²) in [5, 5.41) is 0. The van der Waals surface area contributed by atoms with Gasteiger partial charge in [-0.3, -0.25) is 9.88 Å². The molecule has 0 radical (unpaired) electrons. The summed E-state index contributed by atoms with van der Waals surface area (Å²) in [6, 6.07) is 10.8. The quantitative estimate of drug-likeness (QED) is 0.726. The highest BCUT2D eigenvalue weighted by atomic mass is 16.5. The second-order valence-electron chi connectivity index (χ2n) is 6.39. The average Bonchev–Trinajstić information content (AvgIpc) is 3.08. The first-order valence-electron chi connectivity index (χ1n) is 8.62. The van der Waals surface area contributed by atoms with Gasteiger partial charge in [-0.15, -0.1) is 0 Å². The standard InChI is InChI=1S/C20H26N2O2/c1-16-12-18(14-21-13-16)20-4-3-9-22(20)10-11-24-15-17-5-7-19(23-2)8-6-17/h5-8,12-14,20H,3-4,9-11,15H2,1-2H3. The molecule has 1 aromatic heterocycles. The van der Waals surface area contributed by atoms with Crippen molar-refractivity contribution < 1.29 is 9.47 Å². The average molecular weight is 326 g/mol. The van der Waals surface area contributed by atoms with E-state index in [1.165, 1.54) is 29.5 Å². The third-order valence-corrected chi connectivity index (χ3v) is 4.60. The first kappa shape index (κ1) is 16.9. The van der Waals surface area contributed by atoms with Crippen LogP contribution in [0, 0.1) is 6.92 Å². The van der Waals surface area contributed by atoms with E-state index in [0.29, 0.717) is 12.6 Å².